The van der Waals surface area contributed by atoms with E-state index in [1.807, 2.05) is 55.5 Å². The minimum Gasteiger partial charge on any atom is -0.465 e. The first-order valence-electron chi connectivity index (χ1n) is 13.2. The zero-order valence-corrected chi connectivity index (χ0v) is 22.6. The molecule has 6 nitrogen and oxygen atoms in total. The Morgan fingerprint density at radius 1 is 0.875 bits per heavy atom. The second kappa shape index (κ2) is 10.8. The second-order valence-electron chi connectivity index (χ2n) is 10.3. The third-order valence-electron chi connectivity index (χ3n) is 7.91. The van der Waals surface area contributed by atoms with E-state index in [0.717, 1.165) is 22.5 Å². The highest BCUT2D eigenvalue weighted by atomic mass is 16.4. The maximum Gasteiger partial charge on any atom is 0.411 e. The molecule has 3 aliphatic carbocycles. The van der Waals surface area contributed by atoms with Crippen molar-refractivity contribution in [2.45, 2.75) is 32.2 Å². The lowest BCUT2D eigenvalue weighted by molar-refractivity contribution is -0.119. The standard InChI is InChI=1S/C27H23NO4.C7H6.H3N/c1-17-16-21(26-22(28(17)27(30)31)12-7-13-23(26)29)25-15-14-24(32-25)20-11-6-5-10-19(20)18-8-3-2-4-9-18;1-5-6-3-2-4-7(5)6;/h2-15,17,21,26H,16H2,1H3,(H,30,31);2-4H,1H3;1H3. The molecule has 1 saturated heterocycles. The smallest absolute Gasteiger partial charge is 0.411 e. The average molecular weight is 533 g/mol. The quantitative estimate of drug-likeness (QED) is 0.243. The number of fused-ring (bicyclic) bond motifs is 2. The number of hydrogen-bond acceptors (Lipinski definition) is 4. The van der Waals surface area contributed by atoms with Gasteiger partial charge in [-0.15, -0.1) is 0 Å². The number of amides is 1. The molecule has 0 saturated carbocycles. The minimum absolute atomic E-state index is 0. The number of carboxylic acid groups (broad SMARTS) is 1. The molecule has 3 atom stereocenters. The lowest BCUT2D eigenvalue weighted by Gasteiger charge is -2.42. The number of likely N-dealkylation sites (tertiary alicyclic amines) is 1. The normalized spacial score (nSPS) is 19.9. The first-order valence-corrected chi connectivity index (χ1v) is 13.2. The maximum atomic E-state index is 12.8. The molecule has 3 aromatic rings. The van der Waals surface area contributed by atoms with Crippen molar-refractivity contribution in [2.75, 3.05) is 0 Å². The van der Waals surface area contributed by atoms with Crippen LogP contribution in [0.4, 0.5) is 4.79 Å². The number of hydrogen-bond donors (Lipinski definition) is 2. The molecule has 1 fully saturated rings. The van der Waals surface area contributed by atoms with Gasteiger partial charge in [-0.05, 0) is 72.4 Å². The number of benzene rings is 3. The number of carbonyl (C=O) groups excluding carboxylic acids is 1. The van der Waals surface area contributed by atoms with Crippen molar-refractivity contribution in [1.82, 2.24) is 11.1 Å². The van der Waals surface area contributed by atoms with Crippen molar-refractivity contribution in [3.8, 4) is 33.6 Å². The second-order valence-corrected chi connectivity index (χ2v) is 10.3. The van der Waals surface area contributed by atoms with Gasteiger partial charge in [-0.2, -0.15) is 0 Å². The number of aryl methyl sites for hydroxylation is 1. The van der Waals surface area contributed by atoms with Crippen LogP contribution < -0.4 is 6.15 Å². The van der Waals surface area contributed by atoms with Gasteiger partial charge in [0.15, 0.2) is 5.78 Å². The number of ketones is 1. The molecule has 202 valence electrons. The predicted octanol–water partition coefficient (Wildman–Crippen LogP) is 8.25. The van der Waals surface area contributed by atoms with Crippen LogP contribution in [0.15, 0.2) is 113 Å². The van der Waals surface area contributed by atoms with Crippen LogP contribution in [0.3, 0.4) is 0 Å². The Morgan fingerprint density at radius 3 is 2.17 bits per heavy atom. The van der Waals surface area contributed by atoms with E-state index in [4.69, 9.17) is 4.42 Å². The highest BCUT2D eigenvalue weighted by molar-refractivity contribution is 5.97. The predicted molar refractivity (Wildman–Crippen MR) is 157 cm³/mol. The summed E-state index contributed by atoms with van der Waals surface area (Å²) in [5.74, 6) is 0.572. The average Bonchev–Trinajstić information content (AvgIpc) is 3.35. The molecule has 2 aromatic carbocycles. The molecule has 7 rings (SSSR count). The van der Waals surface area contributed by atoms with Crippen LogP contribution in [0.25, 0.3) is 33.6 Å². The number of nitrogens with zero attached hydrogens (tertiary/aromatic N) is 1. The van der Waals surface area contributed by atoms with Crippen molar-refractivity contribution in [3.05, 3.63) is 120 Å². The van der Waals surface area contributed by atoms with Gasteiger partial charge in [-0.1, -0.05) is 78.9 Å². The van der Waals surface area contributed by atoms with Crippen LogP contribution >= 0.6 is 0 Å². The Hall–Kier alpha value is -4.68. The summed E-state index contributed by atoms with van der Waals surface area (Å²) in [6, 6.07) is 28.2. The van der Waals surface area contributed by atoms with Crippen LogP contribution in [-0.2, 0) is 4.79 Å². The first kappa shape index (κ1) is 26.9. The van der Waals surface area contributed by atoms with E-state index in [1.165, 1.54) is 27.7 Å². The van der Waals surface area contributed by atoms with E-state index in [0.29, 0.717) is 17.9 Å². The molecule has 40 heavy (non-hydrogen) atoms. The number of furan rings is 1. The summed E-state index contributed by atoms with van der Waals surface area (Å²) >= 11 is 0. The molecule has 6 heteroatoms. The monoisotopic (exact) mass is 532 g/mol. The minimum atomic E-state index is -1.03. The summed E-state index contributed by atoms with van der Waals surface area (Å²) in [4.78, 5) is 26.0. The third-order valence-corrected chi connectivity index (χ3v) is 7.91. The molecule has 4 aliphatic rings. The van der Waals surface area contributed by atoms with E-state index in [2.05, 4.69) is 43.3 Å². The zero-order valence-electron chi connectivity index (χ0n) is 22.6. The van der Waals surface area contributed by atoms with Gasteiger partial charge < -0.3 is 15.7 Å². The molecule has 1 amide bonds. The van der Waals surface area contributed by atoms with E-state index in [9.17, 15) is 14.7 Å². The fourth-order valence-corrected chi connectivity index (χ4v) is 5.93. The van der Waals surface area contributed by atoms with Gasteiger partial charge in [-0.3, -0.25) is 9.69 Å². The molecule has 4 N–H and O–H groups in total. The number of allylic oxidation sites excluding steroid dienone is 4. The van der Waals surface area contributed by atoms with Gasteiger partial charge in [0.05, 0.1) is 5.92 Å². The van der Waals surface area contributed by atoms with E-state index in [-0.39, 0.29) is 23.9 Å². The van der Waals surface area contributed by atoms with E-state index in [1.54, 1.807) is 12.2 Å². The van der Waals surface area contributed by atoms with Gasteiger partial charge in [0.1, 0.15) is 11.5 Å². The molecule has 1 aromatic heterocycles. The van der Waals surface area contributed by atoms with Gasteiger partial charge in [0, 0.05) is 23.2 Å². The maximum absolute atomic E-state index is 12.8. The van der Waals surface area contributed by atoms with Gasteiger partial charge in [-0.25, -0.2) is 4.79 Å². The fraction of sp³-hybridized carbons (Fsp3) is 0.176. The van der Waals surface area contributed by atoms with Crippen LogP contribution in [-0.4, -0.2) is 27.9 Å². The summed E-state index contributed by atoms with van der Waals surface area (Å²) in [5.41, 5.74) is 8.10. The summed E-state index contributed by atoms with van der Waals surface area (Å²) < 4.78 is 6.34. The van der Waals surface area contributed by atoms with Gasteiger partial charge >= 0.3 is 6.09 Å². The molecule has 0 radical (unpaired) electrons. The van der Waals surface area contributed by atoms with Crippen molar-refractivity contribution >= 4 is 11.9 Å². The number of carbonyl (C=O) groups is 2. The largest absolute Gasteiger partial charge is 0.465 e. The Morgan fingerprint density at radius 2 is 1.52 bits per heavy atom. The summed E-state index contributed by atoms with van der Waals surface area (Å²) in [5, 5.41) is 9.71. The lowest BCUT2D eigenvalue weighted by Crippen LogP contribution is -2.48. The molecule has 0 bridgehead atoms. The highest BCUT2D eigenvalue weighted by Gasteiger charge is 2.45. The third kappa shape index (κ3) is 4.78. The SMILES string of the molecule is CC1CC(c2ccc(-c3ccccc3-c3ccccc3)o2)C2C(=O)C=CC=C2N1C(=O)O.Cc1c2cccc1-2.N. The van der Waals surface area contributed by atoms with Crippen LogP contribution in [0.2, 0.25) is 0 Å². The van der Waals surface area contributed by atoms with Crippen LogP contribution in [0, 0.1) is 12.8 Å². The number of piperidine rings is 1. The fourth-order valence-electron chi connectivity index (χ4n) is 5.93. The van der Waals surface area contributed by atoms with Crippen molar-refractivity contribution in [3.63, 3.8) is 0 Å². The summed E-state index contributed by atoms with van der Waals surface area (Å²) in [6.07, 6.45) is 4.36. The van der Waals surface area contributed by atoms with Gasteiger partial charge in [0.2, 0.25) is 0 Å². The van der Waals surface area contributed by atoms with Gasteiger partial charge in [0.25, 0.3) is 0 Å². The highest BCUT2D eigenvalue weighted by Crippen LogP contribution is 2.45. The van der Waals surface area contributed by atoms with Crippen molar-refractivity contribution < 1.29 is 19.1 Å². The Labute approximate surface area is 233 Å². The Bertz CT molecular complexity index is 1610. The molecule has 1 aliphatic heterocycles. The summed E-state index contributed by atoms with van der Waals surface area (Å²) in [7, 11) is 0. The van der Waals surface area contributed by atoms with E-state index >= 15 is 0 Å². The molecular weight excluding hydrogens is 500 g/mol. The molecular formula is C34H32N2O4. The topological polar surface area (TPSA) is 106 Å². The Kier molecular flexibility index (Phi) is 7.28. The van der Waals surface area contributed by atoms with E-state index < -0.39 is 12.0 Å². The van der Waals surface area contributed by atoms with Crippen LogP contribution in [0.5, 0.6) is 0 Å². The molecule has 2 heterocycles. The first-order chi connectivity index (χ1) is 18.9. The lowest BCUT2D eigenvalue weighted by atomic mass is 9.74. The van der Waals surface area contributed by atoms with Crippen molar-refractivity contribution in [1.29, 1.82) is 0 Å². The molecule has 3 unspecified atom stereocenters. The Balaban J connectivity index is 0.000000348. The zero-order chi connectivity index (χ0) is 27.1. The van der Waals surface area contributed by atoms with Crippen LogP contribution in [0.1, 0.15) is 30.6 Å². The molecule has 0 spiro atoms. The van der Waals surface area contributed by atoms with Crippen molar-refractivity contribution in [2.24, 2.45) is 5.92 Å². The number of rotatable bonds is 3. The summed E-state index contributed by atoms with van der Waals surface area (Å²) in [6.45, 7) is 4.03.